The predicted octanol–water partition coefficient (Wildman–Crippen LogP) is 2.12. The molecule has 0 spiro atoms. The number of hydrogen-bond donors (Lipinski definition) is 0. The van der Waals surface area contributed by atoms with Crippen LogP contribution in [0.1, 0.15) is 16.2 Å². The summed E-state index contributed by atoms with van der Waals surface area (Å²) in [6, 6.07) is 7.03. The highest BCUT2D eigenvalue weighted by molar-refractivity contribution is 5.95. The van der Waals surface area contributed by atoms with E-state index in [-0.39, 0.29) is 23.9 Å². The highest BCUT2D eigenvalue weighted by atomic mass is 19.4. The summed E-state index contributed by atoms with van der Waals surface area (Å²) in [5.41, 5.74) is 0.569. The zero-order valence-electron chi connectivity index (χ0n) is 12.7. The predicted molar refractivity (Wildman–Crippen MR) is 76.0 cm³/mol. The first-order chi connectivity index (χ1) is 11.9. The van der Waals surface area contributed by atoms with Gasteiger partial charge in [0.1, 0.15) is 6.04 Å². The van der Waals surface area contributed by atoms with E-state index in [1.54, 1.807) is 0 Å². The van der Waals surface area contributed by atoms with Crippen LogP contribution in [-0.2, 0) is 10.9 Å². The molecule has 1 aromatic carbocycles. The summed E-state index contributed by atoms with van der Waals surface area (Å²) in [6.07, 6.45) is -4.72. The van der Waals surface area contributed by atoms with Crippen molar-refractivity contribution in [2.75, 3.05) is 19.8 Å². The number of nitrogens with zero attached hydrogens (tertiary/aromatic N) is 4. The second-order valence-corrected chi connectivity index (χ2v) is 5.22. The van der Waals surface area contributed by atoms with Crippen LogP contribution in [-0.4, -0.2) is 46.7 Å². The van der Waals surface area contributed by atoms with Crippen LogP contribution in [0.3, 0.4) is 0 Å². The average Bonchev–Trinajstić information content (AvgIpc) is 3.12. The monoisotopic (exact) mass is 352 g/mol. The van der Waals surface area contributed by atoms with Crippen molar-refractivity contribution in [2.24, 2.45) is 0 Å². The van der Waals surface area contributed by atoms with Gasteiger partial charge in [0.25, 0.3) is 5.91 Å². The van der Waals surface area contributed by atoms with Gasteiger partial charge in [-0.05, 0) is 12.1 Å². The van der Waals surface area contributed by atoms with Crippen LogP contribution in [0.25, 0.3) is 11.4 Å². The van der Waals surface area contributed by atoms with Crippen LogP contribution in [0.2, 0.25) is 0 Å². The van der Waals surface area contributed by atoms with Gasteiger partial charge in [-0.1, -0.05) is 17.3 Å². The minimum Gasteiger partial charge on any atom is -0.376 e. The van der Waals surface area contributed by atoms with E-state index < -0.39 is 18.1 Å². The van der Waals surface area contributed by atoms with Crippen LogP contribution in [0.5, 0.6) is 0 Å². The third kappa shape index (κ3) is 3.46. The van der Waals surface area contributed by atoms with E-state index in [0.717, 1.165) is 0 Å². The zero-order chi connectivity index (χ0) is 18.0. The van der Waals surface area contributed by atoms with Crippen molar-refractivity contribution < 1.29 is 27.2 Å². The Hall–Kier alpha value is -2.93. The first-order valence-corrected chi connectivity index (χ1v) is 7.20. The molecule has 1 aliphatic rings. The van der Waals surface area contributed by atoms with Gasteiger partial charge < -0.3 is 14.2 Å². The highest BCUT2D eigenvalue weighted by Gasteiger charge is 2.38. The molecule has 2 aromatic rings. The van der Waals surface area contributed by atoms with Gasteiger partial charge in [0.2, 0.25) is 5.82 Å². The van der Waals surface area contributed by atoms with Crippen molar-refractivity contribution in [1.82, 2.24) is 15.0 Å². The number of benzene rings is 1. The van der Waals surface area contributed by atoms with E-state index in [9.17, 15) is 18.0 Å². The number of halogens is 3. The normalized spacial score (nSPS) is 18.0. The van der Waals surface area contributed by atoms with Crippen molar-refractivity contribution in [3.05, 3.63) is 35.7 Å². The molecule has 0 aliphatic carbocycles. The van der Waals surface area contributed by atoms with E-state index in [1.807, 2.05) is 6.07 Å². The van der Waals surface area contributed by atoms with Gasteiger partial charge in [-0.15, -0.1) is 0 Å². The van der Waals surface area contributed by atoms with Gasteiger partial charge >= 0.3 is 12.1 Å². The number of morpholine rings is 1. The number of nitriles is 1. The number of ether oxygens (including phenoxy) is 1. The van der Waals surface area contributed by atoms with Gasteiger partial charge in [0.15, 0.2) is 0 Å². The topological polar surface area (TPSA) is 92.2 Å². The van der Waals surface area contributed by atoms with E-state index in [4.69, 9.17) is 10.00 Å². The van der Waals surface area contributed by atoms with Crippen molar-refractivity contribution >= 4 is 5.91 Å². The summed E-state index contributed by atoms with van der Waals surface area (Å²) in [5.74, 6) is -2.02. The molecule has 7 nitrogen and oxygen atoms in total. The van der Waals surface area contributed by atoms with Crippen LogP contribution >= 0.6 is 0 Å². The maximum Gasteiger partial charge on any atom is 0.471 e. The molecule has 1 atom stereocenters. The van der Waals surface area contributed by atoms with Gasteiger partial charge in [0.05, 0.1) is 19.3 Å². The molecule has 1 aliphatic heterocycles. The third-order valence-corrected chi connectivity index (χ3v) is 3.60. The number of carbonyl (C=O) groups is 1. The molecule has 1 aromatic heterocycles. The molecular weight excluding hydrogens is 341 g/mol. The summed E-state index contributed by atoms with van der Waals surface area (Å²) in [4.78, 5) is 17.2. The smallest absolute Gasteiger partial charge is 0.376 e. The van der Waals surface area contributed by atoms with Crippen molar-refractivity contribution in [3.8, 4) is 17.5 Å². The maximum atomic E-state index is 12.5. The van der Waals surface area contributed by atoms with Crippen molar-refractivity contribution in [3.63, 3.8) is 0 Å². The molecule has 0 radical (unpaired) electrons. The summed E-state index contributed by atoms with van der Waals surface area (Å²) in [5, 5.41) is 12.4. The van der Waals surface area contributed by atoms with Crippen LogP contribution in [0, 0.1) is 11.3 Å². The lowest BCUT2D eigenvalue weighted by atomic mass is 10.1. The van der Waals surface area contributed by atoms with Gasteiger partial charge in [-0.2, -0.15) is 23.4 Å². The highest BCUT2D eigenvalue weighted by Crippen LogP contribution is 2.29. The van der Waals surface area contributed by atoms with E-state index in [2.05, 4.69) is 14.7 Å². The van der Waals surface area contributed by atoms with Gasteiger partial charge in [-0.25, -0.2) is 0 Å². The molecule has 3 rings (SSSR count). The van der Waals surface area contributed by atoms with Crippen LogP contribution < -0.4 is 0 Å². The number of alkyl halides is 3. The lowest BCUT2D eigenvalue weighted by Crippen LogP contribution is -2.47. The zero-order valence-corrected chi connectivity index (χ0v) is 12.7. The molecule has 1 fully saturated rings. The number of rotatable bonds is 2. The summed E-state index contributed by atoms with van der Waals surface area (Å²) in [7, 11) is 0. The quantitative estimate of drug-likeness (QED) is 0.822. The Balaban J connectivity index is 1.79. The minimum atomic E-state index is -4.72. The minimum absolute atomic E-state index is 0.142. The van der Waals surface area contributed by atoms with Crippen molar-refractivity contribution in [1.29, 1.82) is 5.26 Å². The molecule has 1 saturated heterocycles. The van der Waals surface area contributed by atoms with Gasteiger partial charge in [-0.3, -0.25) is 4.79 Å². The second kappa shape index (κ2) is 6.52. The van der Waals surface area contributed by atoms with Crippen LogP contribution in [0.15, 0.2) is 28.8 Å². The first kappa shape index (κ1) is 16.9. The average molecular weight is 352 g/mol. The van der Waals surface area contributed by atoms with Gasteiger partial charge in [0, 0.05) is 17.7 Å². The molecule has 1 amide bonds. The lowest BCUT2D eigenvalue weighted by Gasteiger charge is -2.31. The Morgan fingerprint density at radius 3 is 2.64 bits per heavy atom. The fraction of sp³-hybridized carbons (Fsp3) is 0.333. The van der Waals surface area contributed by atoms with E-state index in [1.165, 1.54) is 29.2 Å². The molecule has 10 heteroatoms. The summed E-state index contributed by atoms with van der Waals surface area (Å²) < 4.78 is 46.8. The molecule has 0 N–H and O–H groups in total. The largest absolute Gasteiger partial charge is 0.471 e. The Bertz CT molecular complexity index is 811. The summed E-state index contributed by atoms with van der Waals surface area (Å²) >= 11 is 0. The van der Waals surface area contributed by atoms with Crippen molar-refractivity contribution in [2.45, 2.75) is 12.2 Å². The number of amides is 1. The Kier molecular flexibility index (Phi) is 4.41. The van der Waals surface area contributed by atoms with Crippen LogP contribution in [0.4, 0.5) is 13.2 Å². The number of carbonyl (C=O) groups excluding carboxylic acids is 1. The second-order valence-electron chi connectivity index (χ2n) is 5.22. The number of aromatic nitrogens is 2. The maximum absolute atomic E-state index is 12.5. The number of hydrogen-bond acceptors (Lipinski definition) is 6. The molecule has 1 unspecified atom stereocenters. The van der Waals surface area contributed by atoms with E-state index in [0.29, 0.717) is 18.7 Å². The third-order valence-electron chi connectivity index (χ3n) is 3.60. The Morgan fingerprint density at radius 2 is 2.04 bits per heavy atom. The fourth-order valence-electron chi connectivity index (χ4n) is 2.34. The molecule has 0 saturated carbocycles. The summed E-state index contributed by atoms with van der Waals surface area (Å²) in [6.45, 7) is 0.771. The standard InChI is InChI=1S/C15H11F3N4O3/c16-15(17,18)14-20-12(21-25-14)9-1-3-10(4-2-9)13(23)22-5-6-24-8-11(22)7-19/h1-4,11H,5-6,8H2. The van der Waals surface area contributed by atoms with E-state index >= 15 is 0 Å². The Labute approximate surface area is 139 Å². The first-order valence-electron chi connectivity index (χ1n) is 7.20. The fourth-order valence-corrected chi connectivity index (χ4v) is 2.34. The lowest BCUT2D eigenvalue weighted by molar-refractivity contribution is -0.159. The SMILES string of the molecule is N#CC1COCCN1C(=O)c1ccc(-c2noc(C(F)(F)F)n2)cc1. The molecule has 2 heterocycles. The molecule has 25 heavy (non-hydrogen) atoms. The Morgan fingerprint density at radius 1 is 1.32 bits per heavy atom. The molecular formula is C15H11F3N4O3. The molecule has 0 bridgehead atoms. The molecule has 130 valence electrons.